The number of thiocarbonyl (C=S) groups is 1. The molecule has 1 saturated carbocycles. The summed E-state index contributed by atoms with van der Waals surface area (Å²) in [6, 6.07) is 5.98. The monoisotopic (exact) mass is 391 g/mol. The van der Waals surface area contributed by atoms with Gasteiger partial charge < -0.3 is 9.47 Å². The van der Waals surface area contributed by atoms with Gasteiger partial charge in [0.1, 0.15) is 4.32 Å². The van der Waals surface area contributed by atoms with Gasteiger partial charge in [0.25, 0.3) is 5.91 Å². The lowest BCUT2D eigenvalue weighted by Gasteiger charge is -2.29. The molecule has 0 atom stereocenters. The van der Waals surface area contributed by atoms with E-state index < -0.39 is 0 Å². The number of hydrogen-bond donors (Lipinski definition) is 0. The number of amides is 1. The van der Waals surface area contributed by atoms with Crippen molar-refractivity contribution in [1.29, 1.82) is 0 Å². The van der Waals surface area contributed by atoms with E-state index in [1.54, 1.807) is 7.11 Å². The molecule has 2 aliphatic rings. The van der Waals surface area contributed by atoms with Crippen LogP contribution in [0.4, 0.5) is 0 Å². The molecule has 26 heavy (non-hydrogen) atoms. The van der Waals surface area contributed by atoms with Gasteiger partial charge >= 0.3 is 0 Å². The first kappa shape index (κ1) is 19.2. The average molecular weight is 392 g/mol. The Kier molecular flexibility index (Phi) is 6.24. The smallest absolute Gasteiger partial charge is 0.266 e. The lowest BCUT2D eigenvalue weighted by Crippen LogP contribution is -2.39. The number of thioether (sulfide) groups is 1. The van der Waals surface area contributed by atoms with Crippen molar-refractivity contribution in [2.75, 3.05) is 7.11 Å². The normalized spacial score (nSPS) is 20.3. The zero-order valence-corrected chi connectivity index (χ0v) is 17.1. The van der Waals surface area contributed by atoms with Crippen molar-refractivity contribution in [3.05, 3.63) is 28.7 Å². The Morgan fingerprint density at radius 1 is 1.23 bits per heavy atom. The molecular formula is C20H25NO3S2. The summed E-state index contributed by atoms with van der Waals surface area (Å²) in [5.74, 6) is 1.40. The molecule has 1 aromatic rings. The molecule has 0 bridgehead atoms. The van der Waals surface area contributed by atoms with Crippen LogP contribution in [0.3, 0.4) is 0 Å². The quantitative estimate of drug-likeness (QED) is 0.521. The third-order valence-electron chi connectivity index (χ3n) is 4.61. The molecule has 4 nitrogen and oxygen atoms in total. The SMILES string of the molecule is COc1cc(/C=C2/SC(=S)N(C3CCCCC3)C2=O)ccc1OC(C)C. The lowest BCUT2D eigenvalue weighted by atomic mass is 9.94. The number of ether oxygens (including phenoxy) is 2. The van der Waals surface area contributed by atoms with E-state index in [2.05, 4.69) is 0 Å². The summed E-state index contributed by atoms with van der Waals surface area (Å²) in [7, 11) is 1.62. The Morgan fingerprint density at radius 2 is 1.96 bits per heavy atom. The summed E-state index contributed by atoms with van der Waals surface area (Å²) >= 11 is 6.89. The van der Waals surface area contributed by atoms with Gasteiger partial charge in [0.05, 0.1) is 18.1 Å². The molecule has 1 aliphatic heterocycles. The lowest BCUT2D eigenvalue weighted by molar-refractivity contribution is -0.124. The topological polar surface area (TPSA) is 38.8 Å². The average Bonchev–Trinajstić information content (AvgIpc) is 2.90. The summed E-state index contributed by atoms with van der Waals surface area (Å²) in [5.41, 5.74) is 0.905. The van der Waals surface area contributed by atoms with E-state index in [9.17, 15) is 4.79 Å². The molecule has 0 N–H and O–H groups in total. The maximum absolute atomic E-state index is 12.9. The Bertz CT molecular complexity index is 724. The van der Waals surface area contributed by atoms with Crippen LogP contribution in [0.25, 0.3) is 6.08 Å². The molecule has 140 valence electrons. The van der Waals surface area contributed by atoms with Gasteiger partial charge in [-0.05, 0) is 50.5 Å². The minimum atomic E-state index is 0.0355. The van der Waals surface area contributed by atoms with Crippen LogP contribution in [0, 0.1) is 0 Å². The van der Waals surface area contributed by atoms with Crippen LogP contribution in [0.2, 0.25) is 0 Å². The van der Waals surface area contributed by atoms with Crippen molar-refractivity contribution in [3.63, 3.8) is 0 Å². The molecular weight excluding hydrogens is 366 g/mol. The van der Waals surface area contributed by atoms with E-state index in [0.717, 1.165) is 18.4 Å². The zero-order chi connectivity index (χ0) is 18.7. The molecule has 1 saturated heterocycles. The Hall–Kier alpha value is -1.53. The molecule has 1 amide bonds. The van der Waals surface area contributed by atoms with Gasteiger partial charge in [0.2, 0.25) is 0 Å². The van der Waals surface area contributed by atoms with E-state index in [0.29, 0.717) is 20.7 Å². The van der Waals surface area contributed by atoms with Crippen LogP contribution in [0.1, 0.15) is 51.5 Å². The van der Waals surface area contributed by atoms with E-state index in [1.165, 1.54) is 31.0 Å². The van der Waals surface area contributed by atoms with Crippen LogP contribution in [0.15, 0.2) is 23.1 Å². The van der Waals surface area contributed by atoms with Crippen LogP contribution < -0.4 is 9.47 Å². The second-order valence-electron chi connectivity index (χ2n) is 6.92. The summed E-state index contributed by atoms with van der Waals surface area (Å²) in [6.07, 6.45) is 7.67. The molecule has 1 heterocycles. The molecule has 6 heteroatoms. The molecule has 0 radical (unpaired) electrons. The Labute approximate surface area is 164 Å². The van der Waals surface area contributed by atoms with E-state index in [1.807, 2.05) is 43.0 Å². The van der Waals surface area contributed by atoms with Gasteiger partial charge in [0, 0.05) is 6.04 Å². The van der Waals surface area contributed by atoms with Crippen molar-refractivity contribution in [2.24, 2.45) is 0 Å². The van der Waals surface area contributed by atoms with E-state index in [-0.39, 0.29) is 18.1 Å². The first-order valence-electron chi connectivity index (χ1n) is 9.11. The molecule has 0 spiro atoms. The fourth-order valence-electron chi connectivity index (χ4n) is 3.41. The van der Waals surface area contributed by atoms with Gasteiger partial charge in [-0.2, -0.15) is 0 Å². The highest BCUT2D eigenvalue weighted by molar-refractivity contribution is 8.26. The Balaban J connectivity index is 1.81. The van der Waals surface area contributed by atoms with Gasteiger partial charge in [-0.1, -0.05) is 49.3 Å². The second kappa shape index (κ2) is 8.44. The minimum absolute atomic E-state index is 0.0355. The van der Waals surface area contributed by atoms with Crippen molar-refractivity contribution >= 4 is 40.3 Å². The predicted molar refractivity (Wildman–Crippen MR) is 111 cm³/mol. The number of carbonyl (C=O) groups excluding carboxylic acids is 1. The zero-order valence-electron chi connectivity index (χ0n) is 15.5. The largest absolute Gasteiger partial charge is 0.493 e. The third-order valence-corrected chi connectivity index (χ3v) is 5.94. The number of methoxy groups -OCH3 is 1. The maximum Gasteiger partial charge on any atom is 0.266 e. The van der Waals surface area contributed by atoms with Crippen LogP contribution in [-0.4, -0.2) is 34.4 Å². The number of benzene rings is 1. The number of carbonyl (C=O) groups is 1. The first-order chi connectivity index (χ1) is 12.5. The highest BCUT2D eigenvalue weighted by atomic mass is 32.2. The first-order valence-corrected chi connectivity index (χ1v) is 10.3. The predicted octanol–water partition coefficient (Wildman–Crippen LogP) is 5.02. The fraction of sp³-hybridized carbons (Fsp3) is 0.500. The maximum atomic E-state index is 12.9. The van der Waals surface area contributed by atoms with Gasteiger partial charge in [-0.3, -0.25) is 9.69 Å². The summed E-state index contributed by atoms with van der Waals surface area (Å²) < 4.78 is 11.9. The minimum Gasteiger partial charge on any atom is -0.493 e. The van der Waals surface area contributed by atoms with Gasteiger partial charge in [0.15, 0.2) is 11.5 Å². The summed E-state index contributed by atoms with van der Waals surface area (Å²) in [6.45, 7) is 3.95. The number of hydrogen-bond acceptors (Lipinski definition) is 5. The van der Waals surface area contributed by atoms with Crippen molar-refractivity contribution < 1.29 is 14.3 Å². The van der Waals surface area contributed by atoms with E-state index in [4.69, 9.17) is 21.7 Å². The van der Waals surface area contributed by atoms with E-state index >= 15 is 0 Å². The highest BCUT2D eigenvalue weighted by Gasteiger charge is 2.37. The summed E-state index contributed by atoms with van der Waals surface area (Å²) in [4.78, 5) is 15.4. The second-order valence-corrected chi connectivity index (χ2v) is 8.60. The van der Waals surface area contributed by atoms with Crippen LogP contribution in [-0.2, 0) is 4.79 Å². The van der Waals surface area contributed by atoms with Crippen molar-refractivity contribution in [3.8, 4) is 11.5 Å². The molecule has 3 rings (SSSR count). The fourth-order valence-corrected chi connectivity index (χ4v) is 4.81. The standard InChI is InChI=1S/C20H25NO3S2/c1-13(2)24-16-10-9-14(11-17(16)23-3)12-18-19(22)21(20(25)26-18)15-7-5-4-6-8-15/h9-13,15H,4-8H2,1-3H3/b18-12+. The third kappa shape index (κ3) is 4.23. The van der Waals surface area contributed by atoms with Gasteiger partial charge in [-0.25, -0.2) is 0 Å². The molecule has 1 aromatic carbocycles. The number of nitrogens with zero attached hydrogens (tertiary/aromatic N) is 1. The van der Waals surface area contributed by atoms with Crippen molar-refractivity contribution in [2.45, 2.75) is 58.1 Å². The van der Waals surface area contributed by atoms with Crippen molar-refractivity contribution in [1.82, 2.24) is 4.90 Å². The summed E-state index contributed by atoms with van der Waals surface area (Å²) in [5, 5.41) is 0. The highest BCUT2D eigenvalue weighted by Crippen LogP contribution is 2.38. The molecule has 0 unspecified atom stereocenters. The van der Waals surface area contributed by atoms with Crippen LogP contribution in [0.5, 0.6) is 11.5 Å². The molecule has 2 fully saturated rings. The molecule has 0 aromatic heterocycles. The Morgan fingerprint density at radius 3 is 2.62 bits per heavy atom. The number of rotatable bonds is 5. The molecule has 1 aliphatic carbocycles. The van der Waals surface area contributed by atoms with Crippen LogP contribution >= 0.6 is 24.0 Å². The van der Waals surface area contributed by atoms with Gasteiger partial charge in [-0.15, -0.1) is 0 Å².